The topological polar surface area (TPSA) is 82.1 Å². The van der Waals surface area contributed by atoms with E-state index in [2.05, 4.69) is 15.4 Å². The van der Waals surface area contributed by atoms with E-state index in [0.29, 0.717) is 30.6 Å². The Hall–Kier alpha value is -2.28. The summed E-state index contributed by atoms with van der Waals surface area (Å²) < 4.78 is 13.9. The van der Waals surface area contributed by atoms with Gasteiger partial charge >= 0.3 is 0 Å². The maximum atomic E-state index is 13.9. The quantitative estimate of drug-likeness (QED) is 0.887. The van der Waals surface area contributed by atoms with E-state index in [9.17, 15) is 14.3 Å². The standard InChI is InChI=1S/C17H19FN4O2/c18-13-4-2-1-3-12(13)9-16(5-6-16)15(23)22-8-7-17(24,11-22)14-10-19-21-20-14/h1-4,10,24H,5-9,11H2,(H,19,20,21). The van der Waals surface area contributed by atoms with Crippen LogP contribution in [0, 0.1) is 11.2 Å². The molecule has 4 rings (SSSR count). The Morgan fingerprint density at radius 3 is 2.79 bits per heavy atom. The van der Waals surface area contributed by atoms with Crippen molar-refractivity contribution in [1.82, 2.24) is 20.3 Å². The fraction of sp³-hybridized carbons (Fsp3) is 0.471. The van der Waals surface area contributed by atoms with Gasteiger partial charge in [-0.25, -0.2) is 4.39 Å². The fourth-order valence-electron chi connectivity index (χ4n) is 3.56. The molecule has 1 aromatic carbocycles. The zero-order valence-electron chi connectivity index (χ0n) is 13.2. The molecule has 0 spiro atoms. The SMILES string of the molecule is O=C(N1CCC(O)(c2cn[nH]n2)C1)C1(Cc2ccccc2F)CC1. The predicted octanol–water partition coefficient (Wildman–Crippen LogP) is 1.39. The number of nitrogens with one attached hydrogen (secondary N) is 1. The van der Waals surface area contributed by atoms with Gasteiger partial charge in [0.1, 0.15) is 17.1 Å². The molecule has 2 aromatic rings. The molecule has 1 aromatic heterocycles. The van der Waals surface area contributed by atoms with E-state index in [-0.39, 0.29) is 18.3 Å². The third-order valence-corrected chi connectivity index (χ3v) is 5.22. The fourth-order valence-corrected chi connectivity index (χ4v) is 3.56. The highest BCUT2D eigenvalue weighted by molar-refractivity contribution is 5.86. The maximum absolute atomic E-state index is 13.9. The Kier molecular flexibility index (Phi) is 3.42. The highest BCUT2D eigenvalue weighted by atomic mass is 19.1. The monoisotopic (exact) mass is 330 g/mol. The summed E-state index contributed by atoms with van der Waals surface area (Å²) in [6.07, 6.45) is 3.86. The Balaban J connectivity index is 1.49. The minimum absolute atomic E-state index is 0.00479. The number of carbonyl (C=O) groups excluding carboxylic acids is 1. The van der Waals surface area contributed by atoms with Crippen LogP contribution in [0.15, 0.2) is 30.5 Å². The van der Waals surface area contributed by atoms with Gasteiger partial charge in [-0.15, -0.1) is 0 Å². The van der Waals surface area contributed by atoms with Crippen LogP contribution < -0.4 is 0 Å². The minimum Gasteiger partial charge on any atom is -0.381 e. The van der Waals surface area contributed by atoms with Crippen molar-refractivity contribution in [2.75, 3.05) is 13.1 Å². The maximum Gasteiger partial charge on any atom is 0.229 e. The number of rotatable bonds is 4. The molecule has 2 aliphatic rings. The van der Waals surface area contributed by atoms with Gasteiger partial charge in [0, 0.05) is 13.0 Å². The van der Waals surface area contributed by atoms with Crippen LogP contribution in [-0.4, -0.2) is 44.4 Å². The van der Waals surface area contributed by atoms with Crippen molar-refractivity contribution in [2.24, 2.45) is 5.41 Å². The van der Waals surface area contributed by atoms with Gasteiger partial charge in [-0.05, 0) is 30.9 Å². The minimum atomic E-state index is -1.16. The predicted molar refractivity (Wildman–Crippen MR) is 83.2 cm³/mol. The van der Waals surface area contributed by atoms with Gasteiger partial charge in [-0.2, -0.15) is 15.4 Å². The lowest BCUT2D eigenvalue weighted by Crippen LogP contribution is -2.39. The van der Waals surface area contributed by atoms with Crippen molar-refractivity contribution >= 4 is 5.91 Å². The number of carbonyl (C=O) groups is 1. The molecule has 2 N–H and O–H groups in total. The van der Waals surface area contributed by atoms with Gasteiger partial charge in [0.15, 0.2) is 0 Å². The van der Waals surface area contributed by atoms with Gasteiger partial charge in [0.2, 0.25) is 5.91 Å². The summed E-state index contributed by atoms with van der Waals surface area (Å²) in [6, 6.07) is 6.60. The summed E-state index contributed by atoms with van der Waals surface area (Å²) in [7, 11) is 0. The molecular formula is C17H19FN4O2. The molecule has 1 unspecified atom stereocenters. The molecule has 1 atom stereocenters. The van der Waals surface area contributed by atoms with Crippen LogP contribution in [0.5, 0.6) is 0 Å². The largest absolute Gasteiger partial charge is 0.381 e. The van der Waals surface area contributed by atoms with Crippen molar-refractivity contribution in [2.45, 2.75) is 31.3 Å². The van der Waals surface area contributed by atoms with E-state index in [1.165, 1.54) is 12.3 Å². The molecule has 6 nitrogen and oxygen atoms in total. The van der Waals surface area contributed by atoms with Crippen molar-refractivity contribution in [3.8, 4) is 0 Å². The summed E-state index contributed by atoms with van der Waals surface area (Å²) in [5.74, 6) is -0.262. The highest BCUT2D eigenvalue weighted by Crippen LogP contribution is 2.51. The number of aliphatic hydroxyl groups is 1. The van der Waals surface area contributed by atoms with Crippen molar-refractivity contribution < 1.29 is 14.3 Å². The Bertz CT molecular complexity index is 760. The lowest BCUT2D eigenvalue weighted by molar-refractivity contribution is -0.137. The first-order chi connectivity index (χ1) is 11.5. The third kappa shape index (κ3) is 2.49. The molecule has 1 aliphatic heterocycles. The number of H-pyrrole nitrogens is 1. The van der Waals surface area contributed by atoms with Gasteiger partial charge < -0.3 is 10.0 Å². The normalized spacial score (nSPS) is 25.0. The van der Waals surface area contributed by atoms with Gasteiger partial charge in [0.25, 0.3) is 0 Å². The van der Waals surface area contributed by atoms with Crippen molar-refractivity contribution in [3.05, 3.63) is 47.5 Å². The lowest BCUT2D eigenvalue weighted by atomic mass is 9.94. The smallest absolute Gasteiger partial charge is 0.229 e. The second-order valence-electron chi connectivity index (χ2n) is 6.91. The summed E-state index contributed by atoms with van der Waals surface area (Å²) in [4.78, 5) is 14.6. The van der Waals surface area contributed by atoms with Crippen molar-refractivity contribution in [1.29, 1.82) is 0 Å². The average molecular weight is 330 g/mol. The Labute approximate surface area is 138 Å². The Morgan fingerprint density at radius 2 is 2.12 bits per heavy atom. The van der Waals surface area contributed by atoms with Crippen molar-refractivity contribution in [3.63, 3.8) is 0 Å². The first-order valence-electron chi connectivity index (χ1n) is 8.14. The number of amides is 1. The molecule has 1 aliphatic carbocycles. The highest BCUT2D eigenvalue weighted by Gasteiger charge is 2.54. The van der Waals surface area contributed by atoms with E-state index in [1.54, 1.807) is 23.1 Å². The van der Waals surface area contributed by atoms with Crippen LogP contribution in [-0.2, 0) is 16.8 Å². The number of aromatic nitrogens is 3. The third-order valence-electron chi connectivity index (χ3n) is 5.22. The summed E-state index contributed by atoms with van der Waals surface area (Å²) >= 11 is 0. The summed E-state index contributed by atoms with van der Waals surface area (Å²) in [6.45, 7) is 0.679. The van der Waals surface area contributed by atoms with Crippen LogP contribution in [0.25, 0.3) is 0 Å². The molecule has 1 saturated heterocycles. The first kappa shape index (κ1) is 15.3. The van der Waals surface area contributed by atoms with Gasteiger partial charge in [-0.3, -0.25) is 4.79 Å². The number of likely N-dealkylation sites (tertiary alicyclic amines) is 1. The molecular weight excluding hydrogens is 311 g/mol. The second-order valence-corrected chi connectivity index (χ2v) is 6.91. The van der Waals surface area contributed by atoms with Crippen LogP contribution in [0.3, 0.4) is 0 Å². The molecule has 7 heteroatoms. The van der Waals surface area contributed by atoms with Crippen LogP contribution in [0.1, 0.15) is 30.5 Å². The Morgan fingerprint density at radius 1 is 1.33 bits per heavy atom. The van der Waals surface area contributed by atoms with E-state index in [0.717, 1.165) is 12.8 Å². The van der Waals surface area contributed by atoms with Gasteiger partial charge in [0.05, 0.1) is 18.2 Å². The van der Waals surface area contributed by atoms with Crippen LogP contribution in [0.4, 0.5) is 4.39 Å². The second kappa shape index (κ2) is 5.37. The number of halogens is 1. The van der Waals surface area contributed by atoms with E-state index >= 15 is 0 Å². The molecule has 2 heterocycles. The molecule has 0 radical (unpaired) electrons. The molecule has 1 amide bonds. The zero-order valence-corrected chi connectivity index (χ0v) is 13.2. The number of hydrogen-bond donors (Lipinski definition) is 2. The van der Waals surface area contributed by atoms with Crippen LogP contribution in [0.2, 0.25) is 0 Å². The average Bonchev–Trinajstić information content (AvgIpc) is 3.00. The zero-order chi connectivity index (χ0) is 16.8. The summed E-state index contributed by atoms with van der Waals surface area (Å²) in [5, 5.41) is 20.9. The number of benzene rings is 1. The van der Waals surface area contributed by atoms with E-state index in [1.807, 2.05) is 0 Å². The number of β-amino-alcohol motifs (C(OH)–C–C–N with tert-alkyl or cyclic N) is 1. The first-order valence-corrected chi connectivity index (χ1v) is 8.14. The number of aromatic amines is 1. The number of nitrogens with zero attached hydrogens (tertiary/aromatic N) is 3. The lowest BCUT2D eigenvalue weighted by Gasteiger charge is -2.25. The molecule has 2 fully saturated rings. The molecule has 126 valence electrons. The van der Waals surface area contributed by atoms with Gasteiger partial charge in [-0.1, -0.05) is 18.2 Å². The van der Waals surface area contributed by atoms with E-state index < -0.39 is 11.0 Å². The van der Waals surface area contributed by atoms with Crippen LogP contribution >= 0.6 is 0 Å². The molecule has 24 heavy (non-hydrogen) atoms. The summed E-state index contributed by atoms with van der Waals surface area (Å²) in [5.41, 5.74) is -0.639. The molecule has 1 saturated carbocycles. The number of hydrogen-bond acceptors (Lipinski definition) is 4. The molecule has 0 bridgehead atoms. The van der Waals surface area contributed by atoms with E-state index in [4.69, 9.17) is 0 Å².